The highest BCUT2D eigenvalue weighted by Crippen LogP contribution is 2.34. The van der Waals surface area contributed by atoms with Gasteiger partial charge in [0.2, 0.25) is 5.91 Å². The molecule has 3 aromatic rings. The van der Waals surface area contributed by atoms with Gasteiger partial charge in [-0.05, 0) is 58.0 Å². The Kier molecular flexibility index (Phi) is 11.4. The molecular weight excluding hydrogens is 540 g/mol. The molecular formula is C27H35ClF4N4O3. The molecule has 216 valence electrons. The van der Waals surface area contributed by atoms with Crippen molar-refractivity contribution in [3.8, 4) is 17.0 Å². The lowest BCUT2D eigenvalue weighted by Gasteiger charge is -2.19. The van der Waals surface area contributed by atoms with Crippen LogP contribution < -0.4 is 15.6 Å². The average Bonchev–Trinajstić information content (AvgIpc) is 3.25. The molecule has 3 rings (SSSR count). The van der Waals surface area contributed by atoms with Gasteiger partial charge in [0.1, 0.15) is 23.6 Å². The normalized spacial score (nSPS) is 11.7. The molecule has 0 atom stereocenters. The predicted molar refractivity (Wildman–Crippen MR) is 145 cm³/mol. The van der Waals surface area contributed by atoms with E-state index in [4.69, 9.17) is 4.74 Å². The number of hydrogen-bond acceptors (Lipinski definition) is 4. The molecule has 0 saturated carbocycles. The molecule has 39 heavy (non-hydrogen) atoms. The molecule has 0 aliphatic heterocycles. The van der Waals surface area contributed by atoms with Gasteiger partial charge in [0, 0.05) is 30.4 Å². The number of rotatable bonds is 12. The lowest BCUT2D eigenvalue weighted by molar-refractivity contribution is -0.140. The van der Waals surface area contributed by atoms with E-state index in [9.17, 15) is 27.2 Å². The van der Waals surface area contributed by atoms with Gasteiger partial charge in [0.05, 0.1) is 24.1 Å². The van der Waals surface area contributed by atoms with Gasteiger partial charge < -0.3 is 19.4 Å². The predicted octanol–water partition coefficient (Wildman–Crippen LogP) is 5.37. The van der Waals surface area contributed by atoms with E-state index < -0.39 is 35.6 Å². The molecule has 0 radical (unpaired) electrons. The van der Waals surface area contributed by atoms with E-state index in [1.54, 1.807) is 26.1 Å². The van der Waals surface area contributed by atoms with Crippen LogP contribution in [-0.2, 0) is 17.5 Å². The summed E-state index contributed by atoms with van der Waals surface area (Å²) < 4.78 is 62.5. The summed E-state index contributed by atoms with van der Waals surface area (Å²) in [6.07, 6.45) is -0.0812. The zero-order valence-corrected chi connectivity index (χ0v) is 23.3. The largest absolute Gasteiger partial charge is 0.492 e. The molecule has 0 aliphatic rings. The lowest BCUT2D eigenvalue weighted by atomic mass is 10.1. The topological polar surface area (TPSA) is 68.0 Å². The maximum atomic E-state index is 14.0. The summed E-state index contributed by atoms with van der Waals surface area (Å²) >= 11 is 0. The Bertz CT molecular complexity index is 1320. The van der Waals surface area contributed by atoms with Crippen molar-refractivity contribution in [2.75, 3.05) is 26.2 Å². The van der Waals surface area contributed by atoms with Crippen LogP contribution in [0.2, 0.25) is 0 Å². The molecule has 2 heterocycles. The Hall–Kier alpha value is -3.05. The average molecular weight is 575 g/mol. The van der Waals surface area contributed by atoms with Crippen molar-refractivity contribution in [3.63, 3.8) is 0 Å². The second-order valence-corrected chi connectivity index (χ2v) is 9.42. The highest BCUT2D eigenvalue weighted by molar-refractivity contribution is 5.85. The van der Waals surface area contributed by atoms with Gasteiger partial charge in [-0.1, -0.05) is 13.8 Å². The minimum absolute atomic E-state index is 0. The molecule has 1 amide bonds. The van der Waals surface area contributed by atoms with Crippen molar-refractivity contribution in [3.05, 3.63) is 58.4 Å². The van der Waals surface area contributed by atoms with E-state index in [0.29, 0.717) is 24.5 Å². The first-order valence-electron chi connectivity index (χ1n) is 12.7. The zero-order chi connectivity index (χ0) is 28.0. The summed E-state index contributed by atoms with van der Waals surface area (Å²) in [5, 5.41) is 2.68. The van der Waals surface area contributed by atoms with Gasteiger partial charge in [0.15, 0.2) is 0 Å². The first kappa shape index (κ1) is 32.2. The van der Waals surface area contributed by atoms with Gasteiger partial charge in [-0.3, -0.25) is 14.2 Å². The fraction of sp³-hybridized carbons (Fsp3) is 0.481. The maximum Gasteiger partial charge on any atom is 0.419 e. The van der Waals surface area contributed by atoms with E-state index in [-0.39, 0.29) is 35.2 Å². The van der Waals surface area contributed by atoms with Gasteiger partial charge >= 0.3 is 6.18 Å². The van der Waals surface area contributed by atoms with Crippen LogP contribution in [0.3, 0.4) is 0 Å². The number of ether oxygens (including phenoxy) is 1. The summed E-state index contributed by atoms with van der Waals surface area (Å²) in [7, 11) is 0. The van der Waals surface area contributed by atoms with Gasteiger partial charge in [-0.2, -0.15) is 13.2 Å². The van der Waals surface area contributed by atoms with Crippen molar-refractivity contribution >= 4 is 23.8 Å². The highest BCUT2D eigenvalue weighted by atomic mass is 35.5. The van der Waals surface area contributed by atoms with Crippen LogP contribution >= 0.6 is 12.4 Å². The summed E-state index contributed by atoms with van der Waals surface area (Å²) in [5.74, 6) is -1.49. The molecule has 0 unspecified atom stereocenters. The molecule has 2 aromatic heterocycles. The number of benzene rings is 1. The summed E-state index contributed by atoms with van der Waals surface area (Å²) in [6, 6.07) is 3.83. The van der Waals surface area contributed by atoms with E-state index >= 15 is 0 Å². The number of nitrogens with zero attached hydrogens (tertiary/aromatic N) is 3. The number of carbonyl (C=O) groups is 1. The Labute approximate surface area is 231 Å². The van der Waals surface area contributed by atoms with Crippen LogP contribution in [0.25, 0.3) is 16.8 Å². The van der Waals surface area contributed by atoms with Crippen molar-refractivity contribution in [1.82, 2.24) is 19.2 Å². The highest BCUT2D eigenvalue weighted by Gasteiger charge is 2.34. The third-order valence-electron chi connectivity index (χ3n) is 6.03. The maximum absolute atomic E-state index is 14.0. The SMILES string of the molecule is CCCN(CC)CCCOc1cc2c(=O)n(CC(=O)NC(C)C)c(-c3ccc(F)c(C(F)(F)F)c3)cn2c1.Cl. The van der Waals surface area contributed by atoms with Crippen LogP contribution in [-0.4, -0.2) is 52.1 Å². The first-order chi connectivity index (χ1) is 17.9. The molecule has 0 fully saturated rings. The summed E-state index contributed by atoms with van der Waals surface area (Å²) in [4.78, 5) is 28.3. The van der Waals surface area contributed by atoms with Crippen molar-refractivity contribution in [2.45, 2.75) is 59.3 Å². The molecule has 1 N–H and O–H groups in total. The van der Waals surface area contributed by atoms with Crippen LogP contribution in [0.15, 0.2) is 41.5 Å². The molecule has 1 aromatic carbocycles. The molecule has 0 aliphatic carbocycles. The second kappa shape index (κ2) is 13.8. The number of alkyl halides is 3. The quantitative estimate of drug-likeness (QED) is 0.233. The molecule has 0 bridgehead atoms. The number of aromatic nitrogens is 2. The smallest absolute Gasteiger partial charge is 0.419 e. The Morgan fingerprint density at radius 1 is 1.13 bits per heavy atom. The first-order valence-corrected chi connectivity index (χ1v) is 12.7. The Balaban J connectivity index is 0.00000533. The lowest BCUT2D eigenvalue weighted by Crippen LogP contribution is -2.37. The summed E-state index contributed by atoms with van der Waals surface area (Å²) in [5.41, 5.74) is -1.87. The number of hydrogen-bond donors (Lipinski definition) is 1. The Morgan fingerprint density at radius 3 is 2.46 bits per heavy atom. The third-order valence-corrected chi connectivity index (χ3v) is 6.03. The standard InChI is InChI=1S/C27H34F4N4O3.ClH/c1-5-10-33(6-2)11-7-12-38-20-14-23-26(37)35(17-25(36)32-18(3)4)24(16-34(23)15-20)19-8-9-22(28)21(13-19)27(29,30)31;/h8-9,13-16,18H,5-7,10-12,17H2,1-4H3,(H,32,36);1H. The van der Waals surface area contributed by atoms with Crippen molar-refractivity contribution in [1.29, 1.82) is 0 Å². The van der Waals surface area contributed by atoms with E-state index in [1.165, 1.54) is 10.6 Å². The number of nitrogens with one attached hydrogen (secondary N) is 1. The number of fused-ring (bicyclic) bond motifs is 1. The molecule has 0 saturated heterocycles. The van der Waals surface area contributed by atoms with Crippen molar-refractivity contribution < 1.29 is 27.1 Å². The number of halogens is 5. The fourth-order valence-electron chi connectivity index (χ4n) is 4.28. The van der Waals surface area contributed by atoms with Crippen molar-refractivity contribution in [2.24, 2.45) is 0 Å². The monoisotopic (exact) mass is 574 g/mol. The van der Waals surface area contributed by atoms with E-state index in [2.05, 4.69) is 24.1 Å². The molecule has 7 nitrogen and oxygen atoms in total. The second-order valence-electron chi connectivity index (χ2n) is 9.42. The minimum atomic E-state index is -4.93. The van der Waals surface area contributed by atoms with Crippen LogP contribution in [0.4, 0.5) is 17.6 Å². The van der Waals surface area contributed by atoms with Crippen LogP contribution in [0.5, 0.6) is 5.75 Å². The third kappa shape index (κ3) is 8.22. The summed E-state index contributed by atoms with van der Waals surface area (Å²) in [6.45, 7) is 10.5. The Morgan fingerprint density at radius 2 is 1.85 bits per heavy atom. The molecule has 12 heteroatoms. The zero-order valence-electron chi connectivity index (χ0n) is 22.5. The van der Waals surface area contributed by atoms with Crippen LogP contribution in [0, 0.1) is 5.82 Å². The van der Waals surface area contributed by atoms with Crippen LogP contribution in [0.1, 0.15) is 46.1 Å². The van der Waals surface area contributed by atoms with Gasteiger partial charge in [0.25, 0.3) is 5.56 Å². The minimum Gasteiger partial charge on any atom is -0.492 e. The van der Waals surface area contributed by atoms with E-state index in [1.807, 2.05) is 0 Å². The van der Waals surface area contributed by atoms with Gasteiger partial charge in [-0.15, -0.1) is 12.4 Å². The van der Waals surface area contributed by atoms with E-state index in [0.717, 1.165) is 43.1 Å². The number of carbonyl (C=O) groups excluding carboxylic acids is 1. The molecule has 0 spiro atoms. The fourth-order valence-corrected chi connectivity index (χ4v) is 4.28. The number of amides is 1. The van der Waals surface area contributed by atoms with Gasteiger partial charge in [-0.25, -0.2) is 4.39 Å².